The van der Waals surface area contributed by atoms with Gasteiger partial charge in [-0.25, -0.2) is 13.1 Å². The maximum absolute atomic E-state index is 12.6. The quantitative estimate of drug-likeness (QED) is 0.761. The van der Waals surface area contributed by atoms with E-state index in [0.717, 1.165) is 6.42 Å². The van der Waals surface area contributed by atoms with Crippen LogP contribution in [0.25, 0.3) is 0 Å². The molecule has 1 aromatic heterocycles. The molecular formula is C14H26N2O3S2. The highest BCUT2D eigenvalue weighted by Crippen LogP contribution is 2.26. The van der Waals surface area contributed by atoms with E-state index in [0.29, 0.717) is 22.2 Å². The summed E-state index contributed by atoms with van der Waals surface area (Å²) in [7, 11) is 0.316. The maximum Gasteiger partial charge on any atom is 0.241 e. The second-order valence-corrected chi connectivity index (χ2v) is 9.02. The zero-order valence-electron chi connectivity index (χ0n) is 13.4. The second kappa shape index (κ2) is 7.69. The minimum Gasteiger partial charge on any atom is -0.391 e. The van der Waals surface area contributed by atoms with Crippen LogP contribution in [0.15, 0.2) is 11.0 Å². The van der Waals surface area contributed by atoms with Gasteiger partial charge in [0.05, 0.1) is 11.5 Å². The third-order valence-corrected chi connectivity index (χ3v) is 5.84. The van der Waals surface area contributed by atoms with Crippen molar-refractivity contribution in [3.05, 3.63) is 15.8 Å². The Morgan fingerprint density at radius 2 is 2.00 bits per heavy atom. The highest BCUT2D eigenvalue weighted by Gasteiger charge is 2.24. The van der Waals surface area contributed by atoms with Gasteiger partial charge in [-0.1, -0.05) is 13.8 Å². The Balaban J connectivity index is 2.96. The highest BCUT2D eigenvalue weighted by molar-refractivity contribution is 7.89. The fourth-order valence-corrected chi connectivity index (χ4v) is 5.06. The Kier molecular flexibility index (Phi) is 6.80. The molecule has 1 heterocycles. The van der Waals surface area contributed by atoms with E-state index >= 15 is 0 Å². The predicted molar refractivity (Wildman–Crippen MR) is 87.1 cm³/mol. The van der Waals surface area contributed by atoms with Crippen LogP contribution in [0.4, 0.5) is 0 Å². The molecule has 122 valence electrons. The molecular weight excluding hydrogens is 308 g/mol. The molecule has 2 N–H and O–H groups in total. The topological polar surface area (TPSA) is 69.6 Å². The molecule has 1 atom stereocenters. The van der Waals surface area contributed by atoms with E-state index in [1.165, 1.54) is 11.3 Å². The number of sulfonamides is 1. The number of aliphatic hydroxyl groups excluding tert-OH is 1. The zero-order chi connectivity index (χ0) is 16.2. The van der Waals surface area contributed by atoms with Gasteiger partial charge in [0, 0.05) is 22.3 Å². The Hall–Kier alpha value is -0.470. The Morgan fingerprint density at radius 1 is 1.38 bits per heavy atom. The Morgan fingerprint density at radius 3 is 2.43 bits per heavy atom. The molecule has 0 aromatic carbocycles. The molecule has 0 saturated carbocycles. The standard InChI is InChI=1S/C14H26N2O3S2/c1-10(2)6-12(8-16(4)5)15-21(18,19)14-7-13(9-17)20-11(14)3/h7,10,12,15,17H,6,8-9H2,1-5H3. The van der Waals surface area contributed by atoms with E-state index in [1.54, 1.807) is 13.0 Å². The molecule has 0 aliphatic heterocycles. The van der Waals surface area contributed by atoms with Crippen LogP contribution in [0.1, 0.15) is 30.0 Å². The summed E-state index contributed by atoms with van der Waals surface area (Å²) < 4.78 is 27.9. The molecule has 7 heteroatoms. The first kappa shape index (κ1) is 18.6. The minimum atomic E-state index is -3.55. The molecule has 5 nitrogen and oxygen atoms in total. The van der Waals surface area contributed by atoms with Gasteiger partial charge in [0.2, 0.25) is 10.0 Å². The van der Waals surface area contributed by atoms with Crippen molar-refractivity contribution in [2.24, 2.45) is 5.92 Å². The summed E-state index contributed by atoms with van der Waals surface area (Å²) in [5.41, 5.74) is 0. The minimum absolute atomic E-state index is 0.123. The van der Waals surface area contributed by atoms with Crippen molar-refractivity contribution in [1.82, 2.24) is 9.62 Å². The van der Waals surface area contributed by atoms with Crippen LogP contribution in [0.5, 0.6) is 0 Å². The summed E-state index contributed by atoms with van der Waals surface area (Å²) in [5, 5.41) is 9.15. The van der Waals surface area contributed by atoms with Gasteiger partial charge in [-0.15, -0.1) is 11.3 Å². The van der Waals surface area contributed by atoms with E-state index in [1.807, 2.05) is 19.0 Å². The monoisotopic (exact) mass is 334 g/mol. The number of aliphatic hydroxyl groups is 1. The third-order valence-electron chi connectivity index (χ3n) is 3.03. The van der Waals surface area contributed by atoms with Crippen LogP contribution < -0.4 is 4.72 Å². The number of nitrogens with zero attached hydrogens (tertiary/aromatic N) is 1. The fraction of sp³-hybridized carbons (Fsp3) is 0.714. The van der Waals surface area contributed by atoms with Gasteiger partial charge in [-0.2, -0.15) is 0 Å². The lowest BCUT2D eigenvalue weighted by Crippen LogP contribution is -2.42. The van der Waals surface area contributed by atoms with Crippen LogP contribution in [0.2, 0.25) is 0 Å². The largest absolute Gasteiger partial charge is 0.391 e. The molecule has 1 unspecified atom stereocenters. The summed E-state index contributed by atoms with van der Waals surface area (Å²) in [6.45, 7) is 6.46. The molecule has 0 bridgehead atoms. The SMILES string of the molecule is Cc1sc(CO)cc1S(=O)(=O)NC(CC(C)C)CN(C)C. The molecule has 0 radical (unpaired) electrons. The van der Waals surface area contributed by atoms with Gasteiger partial charge < -0.3 is 10.0 Å². The van der Waals surface area contributed by atoms with Gasteiger partial charge in [0.15, 0.2) is 0 Å². The van der Waals surface area contributed by atoms with Crippen molar-refractivity contribution in [3.63, 3.8) is 0 Å². The second-order valence-electron chi connectivity index (χ2n) is 6.00. The van der Waals surface area contributed by atoms with Crippen LogP contribution >= 0.6 is 11.3 Å². The van der Waals surface area contributed by atoms with E-state index < -0.39 is 10.0 Å². The molecule has 0 aliphatic rings. The zero-order valence-corrected chi connectivity index (χ0v) is 15.0. The third kappa shape index (κ3) is 5.67. The summed E-state index contributed by atoms with van der Waals surface area (Å²) in [5.74, 6) is 0.411. The molecule has 0 aliphatic carbocycles. The smallest absolute Gasteiger partial charge is 0.241 e. The van der Waals surface area contributed by atoms with Gasteiger partial charge >= 0.3 is 0 Å². The van der Waals surface area contributed by atoms with Crippen LogP contribution in [-0.2, 0) is 16.6 Å². The van der Waals surface area contributed by atoms with Gasteiger partial charge in [0.1, 0.15) is 0 Å². The van der Waals surface area contributed by atoms with Crippen molar-refractivity contribution in [2.45, 2.75) is 44.7 Å². The normalized spacial score (nSPS) is 14.1. The Labute approximate surface area is 132 Å². The maximum atomic E-state index is 12.6. The van der Waals surface area contributed by atoms with E-state index in [-0.39, 0.29) is 17.5 Å². The van der Waals surface area contributed by atoms with E-state index in [9.17, 15) is 8.42 Å². The lowest BCUT2D eigenvalue weighted by molar-refractivity contribution is 0.285. The predicted octanol–water partition coefficient (Wildman–Crippen LogP) is 1.80. The van der Waals surface area contributed by atoms with Crippen molar-refractivity contribution in [1.29, 1.82) is 0 Å². The summed E-state index contributed by atoms with van der Waals surface area (Å²) in [4.78, 5) is 3.64. The average molecular weight is 335 g/mol. The van der Waals surface area contributed by atoms with Gasteiger partial charge in [-0.3, -0.25) is 0 Å². The highest BCUT2D eigenvalue weighted by atomic mass is 32.2. The number of likely N-dealkylation sites (N-methyl/N-ethyl adjacent to an activating group) is 1. The number of rotatable bonds is 8. The Bertz CT molecular complexity index is 541. The summed E-state index contributed by atoms with van der Waals surface area (Å²) in [6.07, 6.45) is 0.785. The first-order valence-electron chi connectivity index (χ1n) is 7.03. The van der Waals surface area contributed by atoms with Gasteiger partial charge in [-0.05, 0) is 39.4 Å². The van der Waals surface area contributed by atoms with Crippen molar-refractivity contribution < 1.29 is 13.5 Å². The molecule has 0 saturated heterocycles. The molecule has 1 rings (SSSR count). The lowest BCUT2D eigenvalue weighted by atomic mass is 10.0. The number of thiophene rings is 1. The number of aryl methyl sites for hydroxylation is 1. The fourth-order valence-electron chi connectivity index (χ4n) is 2.32. The van der Waals surface area contributed by atoms with Crippen LogP contribution in [0.3, 0.4) is 0 Å². The number of hydrogen-bond donors (Lipinski definition) is 2. The summed E-state index contributed by atoms with van der Waals surface area (Å²) >= 11 is 1.32. The van der Waals surface area contributed by atoms with Crippen molar-refractivity contribution >= 4 is 21.4 Å². The molecule has 21 heavy (non-hydrogen) atoms. The lowest BCUT2D eigenvalue weighted by Gasteiger charge is -2.23. The van der Waals surface area contributed by atoms with E-state index in [2.05, 4.69) is 18.6 Å². The molecule has 0 spiro atoms. The molecule has 0 amide bonds. The average Bonchev–Trinajstić information content (AvgIpc) is 2.68. The first-order chi connectivity index (χ1) is 9.65. The molecule has 0 fully saturated rings. The van der Waals surface area contributed by atoms with Crippen molar-refractivity contribution in [3.8, 4) is 0 Å². The first-order valence-corrected chi connectivity index (χ1v) is 9.33. The van der Waals surface area contributed by atoms with Crippen molar-refractivity contribution in [2.75, 3.05) is 20.6 Å². The van der Waals surface area contributed by atoms with Crippen LogP contribution in [-0.4, -0.2) is 45.1 Å². The van der Waals surface area contributed by atoms with E-state index in [4.69, 9.17) is 5.11 Å². The van der Waals surface area contributed by atoms with Gasteiger partial charge in [0.25, 0.3) is 0 Å². The summed E-state index contributed by atoms with van der Waals surface area (Å²) in [6, 6.07) is 1.44. The molecule has 1 aromatic rings. The van der Waals surface area contributed by atoms with Crippen LogP contribution in [0, 0.1) is 12.8 Å². The number of nitrogens with one attached hydrogen (secondary N) is 1. The number of hydrogen-bond acceptors (Lipinski definition) is 5.